The van der Waals surface area contributed by atoms with E-state index in [0.29, 0.717) is 5.02 Å². The molecule has 8 nitrogen and oxygen atoms in total. The molecule has 0 radical (unpaired) electrons. The Morgan fingerprint density at radius 2 is 1.41 bits per heavy atom. The van der Waals surface area contributed by atoms with Crippen molar-refractivity contribution in [1.29, 1.82) is 0 Å². The van der Waals surface area contributed by atoms with Gasteiger partial charge in [-0.25, -0.2) is 16.8 Å². The van der Waals surface area contributed by atoms with Gasteiger partial charge in [-0.1, -0.05) is 64.6 Å². The zero-order chi connectivity index (χ0) is 29.9. The molecule has 4 rings (SSSR count). The van der Waals surface area contributed by atoms with Crippen molar-refractivity contribution in [3.8, 4) is 0 Å². The van der Waals surface area contributed by atoms with Crippen LogP contribution in [0.3, 0.4) is 0 Å². The van der Waals surface area contributed by atoms with Crippen molar-refractivity contribution in [2.75, 3.05) is 20.9 Å². The quantitative estimate of drug-likeness (QED) is 0.204. The minimum atomic E-state index is -4.14. The summed E-state index contributed by atoms with van der Waals surface area (Å²) in [5.74, 6) is -0.656. The highest BCUT2D eigenvalue weighted by Gasteiger charge is 2.28. The fraction of sp³-hybridized carbons (Fsp3) is 0.107. The highest BCUT2D eigenvalue weighted by atomic mass is 35.5. The van der Waals surface area contributed by atoms with E-state index in [2.05, 4.69) is 10.0 Å². The molecule has 214 valence electrons. The van der Waals surface area contributed by atoms with E-state index >= 15 is 0 Å². The number of aryl methyl sites for hydroxylation is 2. The lowest BCUT2D eigenvalue weighted by atomic mass is 10.2. The van der Waals surface area contributed by atoms with Crippen molar-refractivity contribution in [3.05, 3.63) is 111 Å². The molecule has 0 unspecified atom stereocenters. The van der Waals surface area contributed by atoms with Gasteiger partial charge >= 0.3 is 0 Å². The fourth-order valence-corrected chi connectivity index (χ4v) is 6.79. The van der Waals surface area contributed by atoms with Crippen LogP contribution in [0.4, 0.5) is 17.1 Å². The number of anilines is 3. The van der Waals surface area contributed by atoms with E-state index in [1.165, 1.54) is 54.6 Å². The van der Waals surface area contributed by atoms with Gasteiger partial charge in [0, 0.05) is 10.7 Å². The summed E-state index contributed by atoms with van der Waals surface area (Å²) < 4.78 is 56.2. The van der Waals surface area contributed by atoms with Gasteiger partial charge in [0.25, 0.3) is 20.0 Å². The minimum absolute atomic E-state index is 0.00876. The SMILES string of the molecule is Cc1ccc(S(=O)(=O)N(CC(=O)Nc2ccc(S(=O)(=O)Nc3cccc(Cl)c3Cl)cc2)c2ccc(C)c(Cl)c2)cc1. The average molecular weight is 653 g/mol. The molecule has 0 spiro atoms. The van der Waals surface area contributed by atoms with E-state index in [-0.39, 0.29) is 36.9 Å². The van der Waals surface area contributed by atoms with Crippen LogP contribution in [0, 0.1) is 13.8 Å². The largest absolute Gasteiger partial charge is 0.325 e. The Hall–Kier alpha value is -3.28. The van der Waals surface area contributed by atoms with E-state index in [9.17, 15) is 21.6 Å². The predicted octanol–water partition coefficient (Wildman–Crippen LogP) is 6.90. The lowest BCUT2D eigenvalue weighted by Crippen LogP contribution is -2.38. The van der Waals surface area contributed by atoms with Crippen LogP contribution < -0.4 is 14.3 Å². The fourth-order valence-electron chi connectivity index (χ4n) is 3.72. The molecule has 0 aliphatic heterocycles. The third-order valence-electron chi connectivity index (χ3n) is 5.98. The summed E-state index contributed by atoms with van der Waals surface area (Å²) in [5.41, 5.74) is 2.20. The van der Waals surface area contributed by atoms with Crippen LogP contribution in [0.15, 0.2) is 94.7 Å². The standard InChI is InChI=1S/C28H24Cl3N3O5S2/c1-18-6-12-23(13-7-18)41(38,39)34(21-11-8-19(2)25(30)16-21)17-27(35)32-20-9-14-22(15-10-20)40(36,37)33-26-5-3-4-24(29)28(26)31/h3-16,33H,17H2,1-2H3,(H,32,35). The van der Waals surface area contributed by atoms with Crippen molar-refractivity contribution in [2.24, 2.45) is 0 Å². The van der Waals surface area contributed by atoms with Gasteiger partial charge in [-0.05, 0) is 80.1 Å². The van der Waals surface area contributed by atoms with E-state index < -0.39 is 32.5 Å². The maximum atomic E-state index is 13.6. The van der Waals surface area contributed by atoms with Crippen LogP contribution >= 0.6 is 34.8 Å². The van der Waals surface area contributed by atoms with Gasteiger partial charge in [0.1, 0.15) is 6.54 Å². The van der Waals surface area contributed by atoms with Crippen molar-refractivity contribution in [3.63, 3.8) is 0 Å². The number of benzene rings is 4. The number of halogens is 3. The Labute approximate surface area is 254 Å². The topological polar surface area (TPSA) is 113 Å². The molecule has 0 saturated carbocycles. The highest BCUT2D eigenvalue weighted by molar-refractivity contribution is 7.93. The van der Waals surface area contributed by atoms with Crippen LogP contribution in [0.25, 0.3) is 0 Å². The van der Waals surface area contributed by atoms with Crippen molar-refractivity contribution >= 4 is 77.8 Å². The molecule has 4 aromatic rings. The van der Waals surface area contributed by atoms with Crippen LogP contribution in [0.5, 0.6) is 0 Å². The first-order chi connectivity index (χ1) is 19.3. The number of nitrogens with one attached hydrogen (secondary N) is 2. The molecule has 1 amide bonds. The van der Waals surface area contributed by atoms with Crippen LogP contribution in [-0.2, 0) is 24.8 Å². The molecule has 0 bridgehead atoms. The molecule has 0 atom stereocenters. The minimum Gasteiger partial charge on any atom is -0.325 e. The second kappa shape index (κ2) is 12.3. The van der Waals surface area contributed by atoms with Gasteiger partial charge in [0.15, 0.2) is 0 Å². The van der Waals surface area contributed by atoms with Crippen molar-refractivity contribution < 1.29 is 21.6 Å². The summed E-state index contributed by atoms with van der Waals surface area (Å²) in [6.07, 6.45) is 0. The van der Waals surface area contributed by atoms with Crippen molar-refractivity contribution in [1.82, 2.24) is 0 Å². The van der Waals surface area contributed by atoms with Gasteiger partial charge in [-0.2, -0.15) is 0 Å². The molecule has 41 heavy (non-hydrogen) atoms. The highest BCUT2D eigenvalue weighted by Crippen LogP contribution is 2.32. The summed E-state index contributed by atoms with van der Waals surface area (Å²) in [5, 5.41) is 3.21. The molecule has 4 aromatic carbocycles. The number of hydrogen-bond acceptors (Lipinski definition) is 5. The van der Waals surface area contributed by atoms with E-state index in [1.807, 2.05) is 6.92 Å². The molecule has 0 heterocycles. The number of carbonyl (C=O) groups excluding carboxylic acids is 1. The monoisotopic (exact) mass is 651 g/mol. The first-order valence-corrected chi connectivity index (χ1v) is 16.1. The number of nitrogens with zero attached hydrogens (tertiary/aromatic N) is 1. The Balaban J connectivity index is 1.55. The molecule has 0 aliphatic rings. The molecular weight excluding hydrogens is 629 g/mol. The zero-order valence-corrected chi connectivity index (χ0v) is 25.6. The maximum absolute atomic E-state index is 13.6. The second-order valence-corrected chi connectivity index (χ2v) is 13.8. The molecule has 0 fully saturated rings. The Morgan fingerprint density at radius 1 is 0.780 bits per heavy atom. The molecule has 0 aromatic heterocycles. The van der Waals surface area contributed by atoms with Gasteiger partial charge in [0.05, 0.1) is 31.2 Å². The molecule has 0 saturated heterocycles. The van der Waals surface area contributed by atoms with Gasteiger partial charge < -0.3 is 5.32 Å². The first kappa shape index (κ1) is 30.7. The lowest BCUT2D eigenvalue weighted by Gasteiger charge is -2.24. The van der Waals surface area contributed by atoms with Crippen molar-refractivity contribution in [2.45, 2.75) is 23.6 Å². The second-order valence-electron chi connectivity index (χ2n) is 9.04. The summed E-state index contributed by atoms with van der Waals surface area (Å²) in [7, 11) is -8.16. The number of carbonyl (C=O) groups is 1. The zero-order valence-electron chi connectivity index (χ0n) is 21.7. The number of amides is 1. The molecule has 0 aliphatic carbocycles. The molecule has 2 N–H and O–H groups in total. The predicted molar refractivity (Wildman–Crippen MR) is 164 cm³/mol. The summed E-state index contributed by atoms with van der Waals surface area (Å²) in [6, 6.07) is 20.9. The van der Waals surface area contributed by atoms with E-state index in [4.69, 9.17) is 34.8 Å². The van der Waals surface area contributed by atoms with Gasteiger partial charge in [0.2, 0.25) is 5.91 Å². The lowest BCUT2D eigenvalue weighted by molar-refractivity contribution is -0.114. The Bertz CT molecular complexity index is 1810. The molecule has 13 heteroatoms. The number of hydrogen-bond donors (Lipinski definition) is 2. The average Bonchev–Trinajstić information content (AvgIpc) is 2.92. The third-order valence-corrected chi connectivity index (χ3v) is 10.4. The number of sulfonamides is 2. The van der Waals surface area contributed by atoms with Gasteiger partial charge in [-0.15, -0.1) is 0 Å². The van der Waals surface area contributed by atoms with Crippen LogP contribution in [0.2, 0.25) is 15.1 Å². The summed E-state index contributed by atoms with van der Waals surface area (Å²) >= 11 is 18.3. The van der Waals surface area contributed by atoms with Gasteiger partial charge in [-0.3, -0.25) is 13.8 Å². The maximum Gasteiger partial charge on any atom is 0.264 e. The summed E-state index contributed by atoms with van der Waals surface area (Å²) in [4.78, 5) is 13.0. The van der Waals surface area contributed by atoms with Crippen LogP contribution in [0.1, 0.15) is 11.1 Å². The summed E-state index contributed by atoms with van der Waals surface area (Å²) in [6.45, 7) is 3.05. The first-order valence-electron chi connectivity index (χ1n) is 12.0. The normalized spacial score (nSPS) is 11.6. The Morgan fingerprint density at radius 3 is 2.05 bits per heavy atom. The number of rotatable bonds is 9. The third kappa shape index (κ3) is 7.14. The van der Waals surface area contributed by atoms with E-state index in [0.717, 1.165) is 15.4 Å². The smallest absolute Gasteiger partial charge is 0.264 e. The Kier molecular flexibility index (Phi) is 9.20. The van der Waals surface area contributed by atoms with E-state index in [1.54, 1.807) is 37.3 Å². The van der Waals surface area contributed by atoms with Crippen LogP contribution in [-0.4, -0.2) is 29.3 Å². The molecular formula is C28H24Cl3N3O5S2.